The van der Waals surface area contributed by atoms with Crippen LogP contribution in [0, 0.1) is 5.92 Å². The van der Waals surface area contributed by atoms with Crippen LogP contribution in [-0.4, -0.2) is 36.0 Å². The summed E-state index contributed by atoms with van der Waals surface area (Å²) >= 11 is 0. The molecule has 0 radical (unpaired) electrons. The molecule has 1 aromatic rings. The molecule has 5 nitrogen and oxygen atoms in total. The van der Waals surface area contributed by atoms with Gasteiger partial charge in [0, 0.05) is 30.4 Å². The van der Waals surface area contributed by atoms with E-state index in [9.17, 15) is 9.59 Å². The van der Waals surface area contributed by atoms with Crippen LogP contribution in [0.5, 0.6) is 0 Å². The van der Waals surface area contributed by atoms with Crippen LogP contribution in [0.2, 0.25) is 0 Å². The number of carbonyl (C=O) groups excluding carboxylic acids is 2. The Morgan fingerprint density at radius 2 is 1.77 bits per heavy atom. The van der Waals surface area contributed by atoms with E-state index in [0.29, 0.717) is 23.2 Å². The fourth-order valence-electron chi connectivity index (χ4n) is 2.56. The summed E-state index contributed by atoms with van der Waals surface area (Å²) < 4.78 is 0. The third-order valence-corrected chi connectivity index (χ3v) is 4.54. The number of carbonyl (C=O) groups is 2. The summed E-state index contributed by atoms with van der Waals surface area (Å²) in [7, 11) is 1.86. The normalized spacial score (nSPS) is 18.5. The van der Waals surface area contributed by atoms with Gasteiger partial charge in [-0.25, -0.2) is 4.79 Å². The van der Waals surface area contributed by atoms with Gasteiger partial charge < -0.3 is 15.5 Å². The fourth-order valence-corrected chi connectivity index (χ4v) is 2.56. The lowest BCUT2D eigenvalue weighted by Gasteiger charge is -2.25. The predicted molar refractivity (Wildman–Crippen MR) is 85.9 cm³/mol. The minimum absolute atomic E-state index is 0.0355. The van der Waals surface area contributed by atoms with Crippen LogP contribution in [0.15, 0.2) is 24.3 Å². The van der Waals surface area contributed by atoms with Gasteiger partial charge in [0.25, 0.3) is 5.91 Å². The van der Waals surface area contributed by atoms with Gasteiger partial charge in [0.1, 0.15) is 0 Å². The molecule has 2 aliphatic carbocycles. The highest BCUT2D eigenvalue weighted by Crippen LogP contribution is 2.35. The molecule has 1 atom stereocenters. The van der Waals surface area contributed by atoms with Crippen molar-refractivity contribution >= 4 is 17.6 Å². The lowest BCUT2D eigenvalue weighted by molar-refractivity contribution is 0.0727. The minimum Gasteiger partial charge on any atom is -0.339 e. The fraction of sp³-hybridized carbons (Fsp3) is 0.529. The van der Waals surface area contributed by atoms with Gasteiger partial charge in [-0.2, -0.15) is 0 Å². The molecule has 2 saturated carbocycles. The summed E-state index contributed by atoms with van der Waals surface area (Å²) in [5.74, 6) is 0.689. The number of hydrogen-bond acceptors (Lipinski definition) is 2. The molecule has 0 spiro atoms. The zero-order valence-electron chi connectivity index (χ0n) is 13.1. The molecule has 0 bridgehead atoms. The molecule has 2 N–H and O–H groups in total. The predicted octanol–water partition coefficient (Wildman–Crippen LogP) is 2.84. The average molecular weight is 301 g/mol. The lowest BCUT2D eigenvalue weighted by atomic mass is 10.1. The van der Waals surface area contributed by atoms with E-state index in [0.717, 1.165) is 12.8 Å². The standard InChI is InChI=1S/C17H23N3O2/c1-11(12-3-4-12)20(2)16(21)13-5-7-14(8-6-13)18-17(22)19-15-9-10-15/h5-8,11-12,15H,3-4,9-10H2,1-2H3,(H2,18,19,22). The summed E-state index contributed by atoms with van der Waals surface area (Å²) in [5.41, 5.74) is 1.36. The Labute approximate surface area is 131 Å². The van der Waals surface area contributed by atoms with E-state index in [-0.39, 0.29) is 18.0 Å². The molecule has 5 heteroatoms. The summed E-state index contributed by atoms with van der Waals surface area (Å²) in [4.78, 5) is 25.9. The maximum absolute atomic E-state index is 12.4. The molecule has 0 saturated heterocycles. The number of urea groups is 1. The maximum atomic E-state index is 12.4. The Morgan fingerprint density at radius 3 is 2.32 bits per heavy atom. The van der Waals surface area contributed by atoms with Gasteiger partial charge >= 0.3 is 6.03 Å². The van der Waals surface area contributed by atoms with E-state index in [1.807, 2.05) is 11.9 Å². The third kappa shape index (κ3) is 3.59. The number of amides is 3. The summed E-state index contributed by atoms with van der Waals surface area (Å²) in [5, 5.41) is 5.65. The van der Waals surface area contributed by atoms with Crippen LogP contribution in [0.4, 0.5) is 10.5 Å². The molecule has 0 aliphatic heterocycles. The van der Waals surface area contributed by atoms with Crippen LogP contribution in [0.1, 0.15) is 43.0 Å². The van der Waals surface area contributed by atoms with Crippen molar-refractivity contribution in [3.63, 3.8) is 0 Å². The number of nitrogens with one attached hydrogen (secondary N) is 2. The molecule has 118 valence electrons. The maximum Gasteiger partial charge on any atom is 0.319 e. The average Bonchev–Trinajstić information content (AvgIpc) is 3.38. The molecule has 1 unspecified atom stereocenters. The third-order valence-electron chi connectivity index (χ3n) is 4.54. The molecule has 3 amide bonds. The Kier molecular flexibility index (Phi) is 4.05. The number of benzene rings is 1. The highest BCUT2D eigenvalue weighted by molar-refractivity contribution is 5.95. The van der Waals surface area contributed by atoms with Crippen molar-refractivity contribution in [2.75, 3.05) is 12.4 Å². The Morgan fingerprint density at radius 1 is 1.14 bits per heavy atom. The molecule has 0 heterocycles. The van der Waals surface area contributed by atoms with E-state index in [1.54, 1.807) is 24.3 Å². The Balaban J connectivity index is 1.57. The summed E-state index contributed by atoms with van der Waals surface area (Å²) in [6, 6.07) is 7.52. The molecule has 2 aliphatic rings. The monoisotopic (exact) mass is 301 g/mol. The SMILES string of the molecule is CC(C1CC1)N(C)C(=O)c1ccc(NC(=O)NC2CC2)cc1. The van der Waals surface area contributed by atoms with Crippen LogP contribution < -0.4 is 10.6 Å². The molecular formula is C17H23N3O2. The molecular weight excluding hydrogens is 278 g/mol. The second kappa shape index (κ2) is 5.99. The van der Waals surface area contributed by atoms with Crippen molar-refractivity contribution in [1.82, 2.24) is 10.2 Å². The van der Waals surface area contributed by atoms with Crippen molar-refractivity contribution in [1.29, 1.82) is 0 Å². The van der Waals surface area contributed by atoms with Gasteiger partial charge in [-0.05, 0) is 62.8 Å². The van der Waals surface area contributed by atoms with E-state index in [2.05, 4.69) is 17.6 Å². The quantitative estimate of drug-likeness (QED) is 0.878. The second-order valence-electron chi connectivity index (χ2n) is 6.44. The highest BCUT2D eigenvalue weighted by Gasteiger charge is 2.32. The van der Waals surface area contributed by atoms with E-state index in [4.69, 9.17) is 0 Å². The minimum atomic E-state index is -0.180. The zero-order valence-corrected chi connectivity index (χ0v) is 13.1. The summed E-state index contributed by atoms with van der Waals surface area (Å²) in [6.07, 6.45) is 4.56. The molecule has 22 heavy (non-hydrogen) atoms. The first-order valence-corrected chi connectivity index (χ1v) is 7.99. The van der Waals surface area contributed by atoms with Gasteiger partial charge in [0.2, 0.25) is 0 Å². The van der Waals surface area contributed by atoms with Crippen LogP contribution >= 0.6 is 0 Å². The van der Waals surface area contributed by atoms with Gasteiger partial charge in [0.05, 0.1) is 0 Å². The van der Waals surface area contributed by atoms with Gasteiger partial charge in [-0.15, -0.1) is 0 Å². The van der Waals surface area contributed by atoms with Crippen molar-refractivity contribution < 1.29 is 9.59 Å². The number of rotatable bonds is 5. The first kappa shape index (κ1) is 14.9. The van der Waals surface area contributed by atoms with Gasteiger partial charge in [0.15, 0.2) is 0 Å². The highest BCUT2D eigenvalue weighted by atomic mass is 16.2. The van der Waals surface area contributed by atoms with Gasteiger partial charge in [-0.1, -0.05) is 0 Å². The first-order valence-electron chi connectivity index (χ1n) is 7.99. The molecule has 3 rings (SSSR count). The molecule has 2 fully saturated rings. The van der Waals surface area contributed by atoms with Gasteiger partial charge in [-0.3, -0.25) is 4.79 Å². The first-order chi connectivity index (χ1) is 10.5. The number of hydrogen-bond donors (Lipinski definition) is 2. The van der Waals surface area contributed by atoms with Crippen LogP contribution in [0.3, 0.4) is 0 Å². The second-order valence-corrected chi connectivity index (χ2v) is 6.44. The summed E-state index contributed by atoms with van der Waals surface area (Å²) in [6.45, 7) is 2.10. The van der Waals surface area contributed by atoms with Crippen LogP contribution in [-0.2, 0) is 0 Å². The smallest absolute Gasteiger partial charge is 0.319 e. The van der Waals surface area contributed by atoms with E-state index >= 15 is 0 Å². The van der Waals surface area contributed by atoms with Crippen molar-refractivity contribution in [2.24, 2.45) is 5.92 Å². The number of anilines is 1. The van der Waals surface area contributed by atoms with Crippen molar-refractivity contribution in [3.05, 3.63) is 29.8 Å². The molecule has 1 aromatic carbocycles. The van der Waals surface area contributed by atoms with Crippen molar-refractivity contribution in [3.8, 4) is 0 Å². The van der Waals surface area contributed by atoms with E-state index in [1.165, 1.54) is 12.8 Å². The lowest BCUT2D eigenvalue weighted by Crippen LogP contribution is -2.36. The topological polar surface area (TPSA) is 61.4 Å². The Hall–Kier alpha value is -2.04. The zero-order chi connectivity index (χ0) is 15.7. The van der Waals surface area contributed by atoms with Crippen molar-refractivity contribution in [2.45, 2.75) is 44.7 Å². The van der Waals surface area contributed by atoms with Crippen LogP contribution in [0.25, 0.3) is 0 Å². The van der Waals surface area contributed by atoms with E-state index < -0.39 is 0 Å². The largest absolute Gasteiger partial charge is 0.339 e. The Bertz CT molecular complexity index is 562. The number of nitrogens with zero attached hydrogens (tertiary/aromatic N) is 1. The molecule has 0 aromatic heterocycles.